The largest absolute Gasteiger partial charge is 0.294 e. The average Bonchev–Trinajstić information content (AvgIpc) is 2.62. The van der Waals surface area contributed by atoms with Crippen LogP contribution in [-0.2, 0) is 0 Å². The van der Waals surface area contributed by atoms with Crippen LogP contribution in [0.25, 0.3) is 0 Å². The van der Waals surface area contributed by atoms with E-state index >= 15 is 0 Å². The van der Waals surface area contributed by atoms with Gasteiger partial charge in [-0.3, -0.25) is 9.59 Å². The molecule has 0 radical (unpaired) electrons. The number of rotatable bonds is 4. The highest BCUT2D eigenvalue weighted by molar-refractivity contribution is 6.05. The lowest BCUT2D eigenvalue weighted by Crippen LogP contribution is -2.33. The Labute approximate surface area is 131 Å². The van der Waals surface area contributed by atoms with Crippen LogP contribution in [-0.4, -0.2) is 11.6 Å². The van der Waals surface area contributed by atoms with Crippen LogP contribution in [0.5, 0.6) is 0 Å². The molecule has 1 saturated carbocycles. The van der Waals surface area contributed by atoms with Gasteiger partial charge in [0.2, 0.25) is 0 Å². The Kier molecular flexibility index (Phi) is 4.47. The molecule has 2 unspecified atom stereocenters. The summed E-state index contributed by atoms with van der Waals surface area (Å²) in [7, 11) is 0. The Morgan fingerprint density at radius 1 is 0.636 bits per heavy atom. The molecule has 2 aromatic rings. The molecule has 2 aromatic carbocycles. The fourth-order valence-electron chi connectivity index (χ4n) is 3.39. The molecule has 1 aliphatic rings. The van der Waals surface area contributed by atoms with Crippen molar-refractivity contribution in [3.63, 3.8) is 0 Å². The van der Waals surface area contributed by atoms with E-state index in [1.165, 1.54) is 0 Å². The van der Waals surface area contributed by atoms with E-state index in [0.29, 0.717) is 0 Å². The molecule has 112 valence electrons. The first-order chi connectivity index (χ1) is 10.8. The molecular weight excluding hydrogens is 272 g/mol. The van der Waals surface area contributed by atoms with Crippen molar-refractivity contribution in [2.75, 3.05) is 0 Å². The van der Waals surface area contributed by atoms with Gasteiger partial charge >= 0.3 is 0 Å². The van der Waals surface area contributed by atoms with Crippen molar-refractivity contribution in [3.8, 4) is 0 Å². The van der Waals surface area contributed by atoms with E-state index in [1.54, 1.807) is 0 Å². The van der Waals surface area contributed by atoms with Crippen molar-refractivity contribution in [2.24, 2.45) is 11.8 Å². The van der Waals surface area contributed by atoms with Gasteiger partial charge in [0.25, 0.3) is 0 Å². The summed E-state index contributed by atoms with van der Waals surface area (Å²) in [6.07, 6.45) is 3.69. The van der Waals surface area contributed by atoms with Gasteiger partial charge in [-0.2, -0.15) is 0 Å². The molecule has 0 heterocycles. The second-order valence-corrected chi connectivity index (χ2v) is 5.96. The summed E-state index contributed by atoms with van der Waals surface area (Å²) in [5, 5.41) is 0. The third-order valence-corrected chi connectivity index (χ3v) is 4.56. The van der Waals surface area contributed by atoms with Crippen molar-refractivity contribution in [2.45, 2.75) is 25.7 Å². The third-order valence-electron chi connectivity index (χ3n) is 4.56. The summed E-state index contributed by atoms with van der Waals surface area (Å²) >= 11 is 0. The summed E-state index contributed by atoms with van der Waals surface area (Å²) < 4.78 is 0. The zero-order valence-electron chi connectivity index (χ0n) is 12.6. The summed E-state index contributed by atoms with van der Waals surface area (Å²) in [6.45, 7) is 0. The lowest BCUT2D eigenvalue weighted by atomic mass is 9.72. The zero-order valence-corrected chi connectivity index (χ0v) is 12.6. The fourth-order valence-corrected chi connectivity index (χ4v) is 3.39. The van der Waals surface area contributed by atoms with Crippen LogP contribution in [0.2, 0.25) is 0 Å². The lowest BCUT2D eigenvalue weighted by Gasteiger charge is -2.29. The SMILES string of the molecule is O=C(c1ccccc1)C1CCCCC1C(=O)c1ccccc1. The van der Waals surface area contributed by atoms with Gasteiger partial charge in [-0.15, -0.1) is 0 Å². The quantitative estimate of drug-likeness (QED) is 0.774. The molecule has 2 heteroatoms. The van der Waals surface area contributed by atoms with Crippen molar-refractivity contribution in [3.05, 3.63) is 71.8 Å². The van der Waals surface area contributed by atoms with Crippen LogP contribution in [0, 0.1) is 11.8 Å². The van der Waals surface area contributed by atoms with Gasteiger partial charge in [0.1, 0.15) is 0 Å². The standard InChI is InChI=1S/C20H20O2/c21-19(15-9-3-1-4-10-15)17-13-7-8-14-18(17)20(22)16-11-5-2-6-12-16/h1-6,9-12,17-18H,7-8,13-14H2. The molecule has 0 N–H and O–H groups in total. The second kappa shape index (κ2) is 6.69. The molecule has 2 nitrogen and oxygen atoms in total. The number of ketones is 2. The van der Waals surface area contributed by atoms with Crippen LogP contribution >= 0.6 is 0 Å². The maximum atomic E-state index is 12.8. The molecule has 3 rings (SSSR count). The van der Waals surface area contributed by atoms with E-state index in [4.69, 9.17) is 0 Å². The van der Waals surface area contributed by atoms with Crippen LogP contribution in [0.4, 0.5) is 0 Å². The van der Waals surface area contributed by atoms with Gasteiger partial charge in [0, 0.05) is 23.0 Å². The van der Waals surface area contributed by atoms with Gasteiger partial charge in [-0.05, 0) is 12.8 Å². The smallest absolute Gasteiger partial charge is 0.166 e. The van der Waals surface area contributed by atoms with E-state index in [2.05, 4.69) is 0 Å². The average molecular weight is 292 g/mol. The Morgan fingerprint density at radius 3 is 1.36 bits per heavy atom. The fraction of sp³-hybridized carbons (Fsp3) is 0.300. The van der Waals surface area contributed by atoms with Crippen molar-refractivity contribution >= 4 is 11.6 Å². The topological polar surface area (TPSA) is 34.1 Å². The van der Waals surface area contributed by atoms with Gasteiger partial charge in [-0.1, -0.05) is 73.5 Å². The van der Waals surface area contributed by atoms with E-state index in [1.807, 2.05) is 60.7 Å². The van der Waals surface area contributed by atoms with Gasteiger partial charge in [-0.25, -0.2) is 0 Å². The van der Waals surface area contributed by atoms with E-state index in [0.717, 1.165) is 36.8 Å². The van der Waals surface area contributed by atoms with Crippen LogP contribution < -0.4 is 0 Å². The van der Waals surface area contributed by atoms with E-state index in [9.17, 15) is 9.59 Å². The molecule has 0 amide bonds. The number of Topliss-reactive ketones (excluding diaryl/α,β-unsaturated/α-hetero) is 2. The highest BCUT2D eigenvalue weighted by Crippen LogP contribution is 2.34. The summed E-state index contributed by atoms with van der Waals surface area (Å²) in [6, 6.07) is 18.7. The molecule has 2 atom stereocenters. The lowest BCUT2D eigenvalue weighted by molar-refractivity contribution is 0.0709. The monoisotopic (exact) mass is 292 g/mol. The Bertz CT molecular complexity index is 586. The minimum atomic E-state index is -0.177. The summed E-state index contributed by atoms with van der Waals surface area (Å²) in [5.41, 5.74) is 1.44. The maximum Gasteiger partial charge on any atom is 0.166 e. The molecule has 0 saturated heterocycles. The van der Waals surface area contributed by atoms with Crippen LogP contribution in [0.1, 0.15) is 46.4 Å². The van der Waals surface area contributed by atoms with Gasteiger partial charge < -0.3 is 0 Å². The summed E-state index contributed by atoms with van der Waals surface area (Å²) in [5.74, 6) is -0.114. The molecule has 0 bridgehead atoms. The van der Waals surface area contributed by atoms with Crippen molar-refractivity contribution in [1.82, 2.24) is 0 Å². The Balaban J connectivity index is 1.86. The number of hydrogen-bond donors (Lipinski definition) is 0. The highest BCUT2D eigenvalue weighted by atomic mass is 16.1. The first-order valence-corrected chi connectivity index (χ1v) is 7.96. The van der Waals surface area contributed by atoms with Crippen LogP contribution in [0.15, 0.2) is 60.7 Å². The number of hydrogen-bond acceptors (Lipinski definition) is 2. The van der Waals surface area contributed by atoms with Crippen LogP contribution in [0.3, 0.4) is 0 Å². The molecule has 22 heavy (non-hydrogen) atoms. The minimum Gasteiger partial charge on any atom is -0.294 e. The molecule has 0 spiro atoms. The number of carbonyl (C=O) groups is 2. The van der Waals surface area contributed by atoms with Crippen molar-refractivity contribution in [1.29, 1.82) is 0 Å². The zero-order chi connectivity index (χ0) is 15.4. The third kappa shape index (κ3) is 3.01. The van der Waals surface area contributed by atoms with E-state index in [-0.39, 0.29) is 23.4 Å². The Hall–Kier alpha value is -2.22. The normalized spacial score (nSPS) is 21.3. The van der Waals surface area contributed by atoms with Gasteiger partial charge in [0.05, 0.1) is 0 Å². The second-order valence-electron chi connectivity index (χ2n) is 5.96. The predicted octanol–water partition coefficient (Wildman–Crippen LogP) is 4.56. The summed E-state index contributed by atoms with van der Waals surface area (Å²) in [4.78, 5) is 25.6. The molecule has 1 aliphatic carbocycles. The predicted molar refractivity (Wildman–Crippen MR) is 87.0 cm³/mol. The highest BCUT2D eigenvalue weighted by Gasteiger charge is 2.36. The number of benzene rings is 2. The maximum absolute atomic E-state index is 12.8. The van der Waals surface area contributed by atoms with E-state index < -0.39 is 0 Å². The Morgan fingerprint density at radius 2 is 1.00 bits per heavy atom. The van der Waals surface area contributed by atoms with Crippen molar-refractivity contribution < 1.29 is 9.59 Å². The first kappa shape index (κ1) is 14.7. The molecule has 0 aromatic heterocycles. The van der Waals surface area contributed by atoms with Gasteiger partial charge in [0.15, 0.2) is 11.6 Å². The minimum absolute atomic E-state index is 0.120. The number of carbonyl (C=O) groups excluding carboxylic acids is 2. The molecular formula is C20H20O2. The first-order valence-electron chi connectivity index (χ1n) is 7.96. The molecule has 1 fully saturated rings. The molecule has 0 aliphatic heterocycles.